The maximum atomic E-state index is 3.65. The van der Waals surface area contributed by atoms with Gasteiger partial charge in [0.25, 0.3) is 0 Å². The molecule has 8 heavy (non-hydrogen) atoms. The third kappa shape index (κ3) is 1.01. The van der Waals surface area contributed by atoms with Gasteiger partial charge in [0.1, 0.15) is 0 Å². The largest absolute Gasteiger partial charge is 0.253 e. The van der Waals surface area contributed by atoms with Gasteiger partial charge in [0.05, 0.1) is 11.2 Å². The molecule has 0 aliphatic carbocycles. The zero-order valence-electron chi connectivity index (χ0n) is 4.92. The number of rotatable bonds is 1. The van der Waals surface area contributed by atoms with E-state index in [0.29, 0.717) is 0 Å². The smallest absolute Gasteiger partial charge is 0.0911 e. The highest BCUT2D eigenvalue weighted by Crippen LogP contribution is 2.23. The van der Waals surface area contributed by atoms with Crippen molar-refractivity contribution in [3.8, 4) is 0 Å². The molecular weight excluding hydrogens is 122 g/mol. The van der Waals surface area contributed by atoms with Gasteiger partial charge < -0.3 is 0 Å². The van der Waals surface area contributed by atoms with Crippen LogP contribution in [0.1, 0.15) is 0 Å². The van der Waals surface area contributed by atoms with Gasteiger partial charge in [-0.25, -0.2) is 10.9 Å². The fourth-order valence-corrected chi connectivity index (χ4v) is 0.935. The molecule has 0 saturated heterocycles. The molecule has 0 spiro atoms. The van der Waals surface area contributed by atoms with Crippen LogP contribution >= 0.6 is 10.9 Å². The Morgan fingerprint density at radius 3 is 2.62 bits per heavy atom. The molecule has 0 fully saturated rings. The average molecular weight is 131 g/mol. The first-order chi connectivity index (χ1) is 3.80. The minimum absolute atomic E-state index is 0.0391. The number of thiol groups is 1. The van der Waals surface area contributed by atoms with E-state index in [1.54, 1.807) is 6.20 Å². The summed E-state index contributed by atoms with van der Waals surface area (Å²) in [6.45, 7) is 0. The molecule has 0 aliphatic heterocycles. The van der Waals surface area contributed by atoms with Crippen molar-refractivity contribution < 1.29 is 0 Å². The van der Waals surface area contributed by atoms with Gasteiger partial charge in [-0.2, -0.15) is 0 Å². The first kappa shape index (κ1) is 5.62. The second-order valence-corrected chi connectivity index (χ2v) is 4.01. The Balaban J connectivity index is 2.77. The van der Waals surface area contributed by atoms with Crippen molar-refractivity contribution >= 4 is 10.9 Å². The Bertz CT molecular complexity index is 146. The molecule has 0 aliphatic rings. The lowest BCUT2D eigenvalue weighted by atomic mass is 11.0. The summed E-state index contributed by atoms with van der Waals surface area (Å²) in [5.74, 6) is 0. The minimum Gasteiger partial charge on any atom is -0.253 e. The average Bonchev–Trinajstić information content (AvgIpc) is 2.12. The van der Waals surface area contributed by atoms with Crippen molar-refractivity contribution in [2.75, 3.05) is 12.5 Å². The summed E-state index contributed by atoms with van der Waals surface area (Å²) in [6, 6.07) is 0. The molecule has 1 N–H and O–H groups in total. The molecule has 0 atom stereocenters. The fourth-order valence-electron chi connectivity index (χ4n) is 0.408. The van der Waals surface area contributed by atoms with Gasteiger partial charge in [0.15, 0.2) is 0 Å². The highest BCUT2D eigenvalue weighted by atomic mass is 32.2. The Morgan fingerprint density at radius 1 is 1.62 bits per heavy atom. The van der Waals surface area contributed by atoms with Crippen molar-refractivity contribution in [2.45, 2.75) is 5.03 Å². The fraction of sp³-hybridized carbons (Fsp3) is 0.500. The van der Waals surface area contributed by atoms with Gasteiger partial charge in [0.2, 0.25) is 0 Å². The van der Waals surface area contributed by atoms with E-state index < -0.39 is 0 Å². The third-order valence-corrected chi connectivity index (χ3v) is 2.06. The van der Waals surface area contributed by atoms with E-state index in [4.69, 9.17) is 0 Å². The van der Waals surface area contributed by atoms with Crippen LogP contribution in [0.5, 0.6) is 0 Å². The van der Waals surface area contributed by atoms with E-state index in [-0.39, 0.29) is 10.9 Å². The van der Waals surface area contributed by atoms with Gasteiger partial charge in [-0.05, 0) is 12.5 Å². The Labute approximate surface area is 50.8 Å². The number of hydrogen-bond acceptors (Lipinski definition) is 2. The first-order valence-electron chi connectivity index (χ1n) is 2.34. The molecule has 0 amide bonds. The summed E-state index contributed by atoms with van der Waals surface area (Å²) in [5.41, 5.74) is 0. The SMILES string of the molecule is C[SH](C)c1cnn[nH]1. The number of aromatic amines is 1. The van der Waals surface area contributed by atoms with Crippen LogP contribution in [0.3, 0.4) is 0 Å². The molecular formula is C4H9N3S. The second-order valence-electron chi connectivity index (χ2n) is 1.74. The molecule has 3 nitrogen and oxygen atoms in total. The lowest BCUT2D eigenvalue weighted by molar-refractivity contribution is 0.910. The predicted octanol–water partition coefficient (Wildman–Crippen LogP) is 0.424. The van der Waals surface area contributed by atoms with E-state index in [1.165, 1.54) is 0 Å². The Morgan fingerprint density at radius 2 is 2.38 bits per heavy atom. The normalized spacial score (nSPS) is 11.5. The molecule has 0 radical (unpaired) electrons. The van der Waals surface area contributed by atoms with Crippen molar-refractivity contribution in [2.24, 2.45) is 0 Å². The summed E-state index contributed by atoms with van der Waals surface area (Å²) in [7, 11) is -0.0391. The maximum absolute atomic E-state index is 3.65. The Kier molecular flexibility index (Phi) is 1.53. The highest BCUT2D eigenvalue weighted by molar-refractivity contribution is 8.15. The molecule has 0 aromatic carbocycles. The zero-order valence-corrected chi connectivity index (χ0v) is 5.81. The Hall–Kier alpha value is -0.510. The lowest BCUT2D eigenvalue weighted by Gasteiger charge is -2.00. The second kappa shape index (κ2) is 2.17. The summed E-state index contributed by atoms with van der Waals surface area (Å²) >= 11 is 0. The minimum atomic E-state index is -0.0391. The molecule has 46 valence electrons. The predicted molar refractivity (Wildman–Crippen MR) is 35.5 cm³/mol. The molecule has 0 saturated carbocycles. The molecule has 1 rings (SSSR count). The third-order valence-electron chi connectivity index (χ3n) is 0.884. The summed E-state index contributed by atoms with van der Waals surface area (Å²) < 4.78 is 0. The van der Waals surface area contributed by atoms with Crippen LogP contribution < -0.4 is 0 Å². The number of nitrogens with one attached hydrogen (secondary N) is 1. The van der Waals surface area contributed by atoms with Crippen molar-refractivity contribution in [1.29, 1.82) is 0 Å². The molecule has 4 heteroatoms. The van der Waals surface area contributed by atoms with Gasteiger partial charge in [-0.1, -0.05) is 5.21 Å². The lowest BCUT2D eigenvalue weighted by Crippen LogP contribution is -1.75. The summed E-state index contributed by atoms with van der Waals surface area (Å²) in [4.78, 5) is 0. The van der Waals surface area contributed by atoms with Crippen molar-refractivity contribution in [3.05, 3.63) is 6.20 Å². The molecule has 1 aromatic rings. The zero-order chi connectivity index (χ0) is 5.98. The number of H-pyrrole nitrogens is 1. The number of hydrogen-bond donors (Lipinski definition) is 2. The topological polar surface area (TPSA) is 41.6 Å². The summed E-state index contributed by atoms with van der Waals surface area (Å²) in [5, 5.41) is 11.2. The number of nitrogens with zero attached hydrogens (tertiary/aromatic N) is 2. The number of aromatic nitrogens is 3. The first-order valence-corrected chi connectivity index (χ1v) is 4.57. The van der Waals surface area contributed by atoms with E-state index in [2.05, 4.69) is 27.9 Å². The molecule has 0 unspecified atom stereocenters. The van der Waals surface area contributed by atoms with Crippen LogP contribution in [0.15, 0.2) is 11.2 Å². The van der Waals surface area contributed by atoms with Crippen LogP contribution in [0.25, 0.3) is 0 Å². The summed E-state index contributed by atoms with van der Waals surface area (Å²) in [6.07, 6.45) is 6.08. The van der Waals surface area contributed by atoms with Crippen LogP contribution in [-0.2, 0) is 0 Å². The van der Waals surface area contributed by atoms with E-state index >= 15 is 0 Å². The van der Waals surface area contributed by atoms with E-state index in [9.17, 15) is 0 Å². The van der Waals surface area contributed by atoms with Gasteiger partial charge >= 0.3 is 0 Å². The highest BCUT2D eigenvalue weighted by Gasteiger charge is 1.92. The van der Waals surface area contributed by atoms with Gasteiger partial charge in [0, 0.05) is 0 Å². The van der Waals surface area contributed by atoms with Gasteiger partial charge in [-0.3, -0.25) is 5.10 Å². The van der Waals surface area contributed by atoms with Gasteiger partial charge in [-0.15, -0.1) is 5.10 Å². The standard InChI is InChI=1S/C4H9N3S/c1-8(2)4-3-5-7-6-4/h3,8H,1-2H3,(H,5,6,7). The molecule has 1 heterocycles. The van der Waals surface area contributed by atoms with Crippen LogP contribution in [0, 0.1) is 0 Å². The maximum Gasteiger partial charge on any atom is 0.0911 e. The van der Waals surface area contributed by atoms with Crippen molar-refractivity contribution in [3.63, 3.8) is 0 Å². The molecule has 0 bridgehead atoms. The van der Waals surface area contributed by atoms with Crippen LogP contribution in [0.4, 0.5) is 0 Å². The van der Waals surface area contributed by atoms with Crippen LogP contribution in [0.2, 0.25) is 0 Å². The van der Waals surface area contributed by atoms with Crippen LogP contribution in [-0.4, -0.2) is 27.9 Å². The monoisotopic (exact) mass is 131 g/mol. The van der Waals surface area contributed by atoms with E-state index in [0.717, 1.165) is 5.03 Å². The van der Waals surface area contributed by atoms with E-state index in [1.807, 2.05) is 0 Å². The van der Waals surface area contributed by atoms with Crippen molar-refractivity contribution in [1.82, 2.24) is 15.4 Å². The quantitative estimate of drug-likeness (QED) is 0.542. The molecule has 1 aromatic heterocycles.